The molecular formula is C11H21N3. The first-order chi connectivity index (χ1) is 6.83. The minimum Gasteiger partial charge on any atom is -0.365 e. The number of H-pyrrole nitrogens is 1. The zero-order valence-corrected chi connectivity index (χ0v) is 8.92. The summed E-state index contributed by atoms with van der Waals surface area (Å²) in [5.74, 6) is 0.684. The second-order valence-electron chi connectivity index (χ2n) is 3.83. The van der Waals surface area contributed by atoms with Gasteiger partial charge in [-0.2, -0.15) is 0 Å². The quantitative estimate of drug-likeness (QED) is 0.571. The van der Waals surface area contributed by atoms with Crippen LogP contribution in [-0.4, -0.2) is 24.6 Å². The van der Waals surface area contributed by atoms with Gasteiger partial charge in [0, 0.05) is 18.4 Å². The van der Waals surface area contributed by atoms with Gasteiger partial charge < -0.3 is 16.0 Å². The summed E-state index contributed by atoms with van der Waals surface area (Å²) in [6.07, 6.45) is 4.14. The van der Waals surface area contributed by atoms with Crippen molar-refractivity contribution < 1.29 is 0 Å². The van der Waals surface area contributed by atoms with Gasteiger partial charge in [-0.15, -0.1) is 0 Å². The van der Waals surface area contributed by atoms with Crippen molar-refractivity contribution in [2.24, 2.45) is 11.7 Å². The molecule has 14 heavy (non-hydrogen) atoms. The first-order valence-corrected chi connectivity index (χ1v) is 5.36. The minimum absolute atomic E-state index is 0.684. The van der Waals surface area contributed by atoms with Crippen molar-refractivity contribution in [3.05, 3.63) is 24.0 Å². The monoisotopic (exact) mass is 195 g/mol. The number of aromatic amines is 1. The fraction of sp³-hybridized carbons (Fsp3) is 0.636. The van der Waals surface area contributed by atoms with Gasteiger partial charge in [-0.3, -0.25) is 0 Å². The third-order valence-corrected chi connectivity index (χ3v) is 2.39. The molecule has 0 bridgehead atoms. The van der Waals surface area contributed by atoms with Gasteiger partial charge >= 0.3 is 0 Å². The molecule has 1 unspecified atom stereocenters. The Morgan fingerprint density at radius 3 is 3.07 bits per heavy atom. The summed E-state index contributed by atoms with van der Waals surface area (Å²) in [6, 6.07) is 4.15. The van der Waals surface area contributed by atoms with Crippen LogP contribution in [0, 0.1) is 5.92 Å². The highest BCUT2D eigenvalue weighted by molar-refractivity contribution is 5.03. The van der Waals surface area contributed by atoms with E-state index in [0.717, 1.165) is 32.5 Å². The summed E-state index contributed by atoms with van der Waals surface area (Å²) in [6.45, 7) is 5.13. The van der Waals surface area contributed by atoms with Crippen LogP contribution in [0.4, 0.5) is 0 Å². The van der Waals surface area contributed by atoms with E-state index in [4.69, 9.17) is 5.73 Å². The normalized spacial score (nSPS) is 13.0. The molecule has 0 aromatic carbocycles. The molecule has 1 heterocycles. The SMILES string of the molecule is CC(CCN)CNCCc1ccc[nH]1. The van der Waals surface area contributed by atoms with Crippen molar-refractivity contribution in [1.29, 1.82) is 0 Å². The molecule has 1 aromatic rings. The lowest BCUT2D eigenvalue weighted by Gasteiger charge is -2.10. The molecule has 1 rings (SSSR count). The van der Waals surface area contributed by atoms with Crippen LogP contribution in [0.25, 0.3) is 0 Å². The Hall–Kier alpha value is -0.800. The predicted molar refractivity (Wildman–Crippen MR) is 60.2 cm³/mol. The maximum absolute atomic E-state index is 5.48. The van der Waals surface area contributed by atoms with Crippen LogP contribution in [0.2, 0.25) is 0 Å². The van der Waals surface area contributed by atoms with Gasteiger partial charge in [-0.05, 0) is 44.0 Å². The molecule has 0 amide bonds. The zero-order chi connectivity index (χ0) is 10.2. The first kappa shape index (κ1) is 11.3. The van der Waals surface area contributed by atoms with E-state index in [-0.39, 0.29) is 0 Å². The summed E-state index contributed by atoms with van der Waals surface area (Å²) in [5, 5.41) is 3.43. The molecular weight excluding hydrogens is 174 g/mol. The Morgan fingerprint density at radius 1 is 1.57 bits per heavy atom. The van der Waals surface area contributed by atoms with Gasteiger partial charge in [0.15, 0.2) is 0 Å². The Bertz CT molecular complexity index is 218. The summed E-state index contributed by atoms with van der Waals surface area (Å²) in [5.41, 5.74) is 6.77. The Labute approximate surface area is 86.1 Å². The van der Waals surface area contributed by atoms with Gasteiger partial charge in [0.1, 0.15) is 0 Å². The van der Waals surface area contributed by atoms with Crippen LogP contribution in [-0.2, 0) is 6.42 Å². The van der Waals surface area contributed by atoms with Crippen molar-refractivity contribution in [3.8, 4) is 0 Å². The largest absolute Gasteiger partial charge is 0.365 e. The Kier molecular flexibility index (Phi) is 5.33. The third-order valence-electron chi connectivity index (χ3n) is 2.39. The van der Waals surface area contributed by atoms with E-state index in [1.807, 2.05) is 12.3 Å². The first-order valence-electron chi connectivity index (χ1n) is 5.36. The lowest BCUT2D eigenvalue weighted by Crippen LogP contribution is -2.24. The molecule has 0 saturated carbocycles. The molecule has 0 aliphatic carbocycles. The topological polar surface area (TPSA) is 53.8 Å². The van der Waals surface area contributed by atoms with Crippen LogP contribution in [0.15, 0.2) is 18.3 Å². The molecule has 0 aliphatic rings. The van der Waals surface area contributed by atoms with Crippen molar-refractivity contribution in [2.75, 3.05) is 19.6 Å². The summed E-state index contributed by atoms with van der Waals surface area (Å²) < 4.78 is 0. The average Bonchev–Trinajstić information content (AvgIpc) is 2.65. The number of nitrogens with two attached hydrogens (primary N) is 1. The van der Waals surface area contributed by atoms with Gasteiger partial charge in [-0.1, -0.05) is 6.92 Å². The maximum atomic E-state index is 5.48. The molecule has 0 radical (unpaired) electrons. The average molecular weight is 195 g/mol. The fourth-order valence-corrected chi connectivity index (χ4v) is 1.48. The molecule has 0 aliphatic heterocycles. The van der Waals surface area contributed by atoms with E-state index >= 15 is 0 Å². The second kappa shape index (κ2) is 6.62. The molecule has 0 saturated heterocycles. The van der Waals surface area contributed by atoms with Crippen molar-refractivity contribution in [3.63, 3.8) is 0 Å². The fourth-order valence-electron chi connectivity index (χ4n) is 1.48. The number of rotatable bonds is 7. The highest BCUT2D eigenvalue weighted by Crippen LogP contribution is 1.98. The van der Waals surface area contributed by atoms with Crippen LogP contribution in [0.3, 0.4) is 0 Å². The van der Waals surface area contributed by atoms with E-state index in [0.29, 0.717) is 5.92 Å². The highest BCUT2D eigenvalue weighted by Gasteiger charge is 1.99. The van der Waals surface area contributed by atoms with Crippen molar-refractivity contribution in [2.45, 2.75) is 19.8 Å². The molecule has 3 heteroatoms. The van der Waals surface area contributed by atoms with E-state index < -0.39 is 0 Å². The predicted octanol–water partition coefficient (Wildman–Crippen LogP) is 1.13. The minimum atomic E-state index is 0.684. The number of aromatic nitrogens is 1. The lowest BCUT2D eigenvalue weighted by molar-refractivity contribution is 0.488. The molecule has 4 N–H and O–H groups in total. The standard InChI is InChI=1S/C11H21N3/c1-10(4-6-12)9-13-8-5-11-3-2-7-14-11/h2-3,7,10,13-14H,4-6,8-9,12H2,1H3. The van der Waals surface area contributed by atoms with E-state index in [1.165, 1.54) is 5.69 Å². The number of hydrogen-bond donors (Lipinski definition) is 3. The van der Waals surface area contributed by atoms with Crippen molar-refractivity contribution in [1.82, 2.24) is 10.3 Å². The van der Waals surface area contributed by atoms with Crippen LogP contribution in [0.1, 0.15) is 19.0 Å². The van der Waals surface area contributed by atoms with Gasteiger partial charge in [0.25, 0.3) is 0 Å². The Balaban J connectivity index is 1.99. The third kappa shape index (κ3) is 4.44. The molecule has 80 valence electrons. The zero-order valence-electron chi connectivity index (χ0n) is 8.92. The van der Waals surface area contributed by atoms with Gasteiger partial charge in [-0.25, -0.2) is 0 Å². The highest BCUT2D eigenvalue weighted by atomic mass is 14.9. The second-order valence-corrected chi connectivity index (χ2v) is 3.83. The van der Waals surface area contributed by atoms with Gasteiger partial charge in [0.2, 0.25) is 0 Å². The molecule has 0 fully saturated rings. The number of nitrogens with one attached hydrogen (secondary N) is 2. The van der Waals surface area contributed by atoms with E-state index in [1.54, 1.807) is 0 Å². The van der Waals surface area contributed by atoms with Crippen LogP contribution in [0.5, 0.6) is 0 Å². The van der Waals surface area contributed by atoms with Crippen LogP contribution >= 0.6 is 0 Å². The lowest BCUT2D eigenvalue weighted by atomic mass is 10.1. The molecule has 3 nitrogen and oxygen atoms in total. The van der Waals surface area contributed by atoms with Gasteiger partial charge in [0.05, 0.1) is 0 Å². The molecule has 1 atom stereocenters. The van der Waals surface area contributed by atoms with Crippen molar-refractivity contribution >= 4 is 0 Å². The Morgan fingerprint density at radius 2 is 2.43 bits per heavy atom. The summed E-state index contributed by atoms with van der Waals surface area (Å²) in [7, 11) is 0. The smallest absolute Gasteiger partial charge is 0.0159 e. The molecule has 0 spiro atoms. The number of hydrogen-bond acceptors (Lipinski definition) is 2. The summed E-state index contributed by atoms with van der Waals surface area (Å²) in [4.78, 5) is 3.19. The van der Waals surface area contributed by atoms with E-state index in [9.17, 15) is 0 Å². The maximum Gasteiger partial charge on any atom is 0.0159 e. The van der Waals surface area contributed by atoms with Crippen LogP contribution < -0.4 is 11.1 Å². The van der Waals surface area contributed by atoms with E-state index in [2.05, 4.69) is 23.3 Å². The molecule has 1 aromatic heterocycles. The summed E-state index contributed by atoms with van der Waals surface area (Å²) >= 11 is 0.